The van der Waals surface area contributed by atoms with Gasteiger partial charge in [0.1, 0.15) is 5.82 Å². The Balaban J connectivity index is 2.09. The molecule has 0 saturated carbocycles. The summed E-state index contributed by atoms with van der Waals surface area (Å²) < 4.78 is 15.0. The van der Waals surface area contributed by atoms with E-state index in [1.165, 1.54) is 24.3 Å². The third-order valence-electron chi connectivity index (χ3n) is 3.19. The average molecular weight is 297 g/mol. The fourth-order valence-electron chi connectivity index (χ4n) is 2.19. The van der Waals surface area contributed by atoms with Gasteiger partial charge in [0.2, 0.25) is 0 Å². The largest absolute Gasteiger partial charge is 0.478 e. The summed E-state index contributed by atoms with van der Waals surface area (Å²) in [6, 6.07) is 5.34. The summed E-state index contributed by atoms with van der Waals surface area (Å²) in [5.41, 5.74) is 1.71. The van der Waals surface area contributed by atoms with E-state index in [9.17, 15) is 14.3 Å². The van der Waals surface area contributed by atoms with E-state index in [0.717, 1.165) is 5.56 Å². The topological polar surface area (TPSA) is 68.0 Å². The van der Waals surface area contributed by atoms with Crippen molar-refractivity contribution in [3.05, 3.63) is 59.3 Å². The average Bonchev–Trinajstić information content (AvgIpc) is 2.89. The van der Waals surface area contributed by atoms with Crippen LogP contribution in [0.2, 0.25) is 0 Å². The number of aromatic nitrogens is 3. The molecule has 0 spiro atoms. The van der Waals surface area contributed by atoms with Crippen LogP contribution >= 0.6 is 0 Å². The predicted octanol–water partition coefficient (Wildman–Crippen LogP) is 2.98. The van der Waals surface area contributed by atoms with E-state index in [0.29, 0.717) is 16.6 Å². The third-order valence-corrected chi connectivity index (χ3v) is 3.19. The molecule has 3 aromatic rings. The number of nitrogens with zero attached hydrogens (tertiary/aromatic N) is 3. The number of hydrogen-bond donors (Lipinski definition) is 1. The highest BCUT2D eigenvalue weighted by atomic mass is 19.1. The first-order chi connectivity index (χ1) is 10.5. The number of pyridine rings is 1. The quantitative estimate of drug-likeness (QED) is 0.807. The maximum Gasteiger partial charge on any atom is 0.336 e. The maximum absolute atomic E-state index is 13.3. The van der Waals surface area contributed by atoms with Gasteiger partial charge < -0.3 is 5.11 Å². The Bertz CT molecular complexity index is 900. The molecular weight excluding hydrogens is 285 g/mol. The van der Waals surface area contributed by atoms with E-state index >= 15 is 0 Å². The smallest absolute Gasteiger partial charge is 0.336 e. The molecule has 2 aromatic heterocycles. The lowest BCUT2D eigenvalue weighted by atomic mass is 10.1. The number of carboxylic acid groups (broad SMARTS) is 1. The van der Waals surface area contributed by atoms with Crippen molar-refractivity contribution in [2.75, 3.05) is 0 Å². The second-order valence-corrected chi connectivity index (χ2v) is 4.84. The summed E-state index contributed by atoms with van der Waals surface area (Å²) in [6.45, 7) is 0. The molecule has 1 aromatic carbocycles. The number of carbonyl (C=O) groups is 1. The van der Waals surface area contributed by atoms with Gasteiger partial charge in [0.25, 0.3) is 0 Å². The molecule has 0 saturated heterocycles. The lowest BCUT2D eigenvalue weighted by Gasteiger charge is -2.04. The molecule has 0 unspecified atom stereocenters. The van der Waals surface area contributed by atoms with Crippen molar-refractivity contribution >= 4 is 29.0 Å². The Hall–Kier alpha value is -3.02. The summed E-state index contributed by atoms with van der Waals surface area (Å²) >= 11 is 0. The number of hydrogen-bond acceptors (Lipinski definition) is 3. The second-order valence-electron chi connectivity index (χ2n) is 4.84. The molecule has 3 rings (SSSR count). The monoisotopic (exact) mass is 297 g/mol. The van der Waals surface area contributed by atoms with Gasteiger partial charge in [-0.15, -0.1) is 0 Å². The molecule has 0 amide bonds. The van der Waals surface area contributed by atoms with Gasteiger partial charge in [-0.05, 0) is 30.4 Å². The molecular formula is C16H12FN3O2. The maximum atomic E-state index is 13.3. The second kappa shape index (κ2) is 5.40. The van der Waals surface area contributed by atoms with Crippen LogP contribution in [0, 0.1) is 5.82 Å². The van der Waals surface area contributed by atoms with Gasteiger partial charge in [0.15, 0.2) is 0 Å². The van der Waals surface area contributed by atoms with Crippen LogP contribution in [0.1, 0.15) is 21.6 Å². The van der Waals surface area contributed by atoms with Crippen LogP contribution in [-0.2, 0) is 7.05 Å². The van der Waals surface area contributed by atoms with E-state index in [2.05, 4.69) is 10.1 Å². The van der Waals surface area contributed by atoms with Gasteiger partial charge in [0, 0.05) is 30.3 Å². The van der Waals surface area contributed by atoms with Crippen LogP contribution < -0.4 is 0 Å². The van der Waals surface area contributed by atoms with Gasteiger partial charge in [-0.2, -0.15) is 5.10 Å². The van der Waals surface area contributed by atoms with Crippen molar-refractivity contribution in [2.45, 2.75) is 0 Å². The highest BCUT2D eigenvalue weighted by Crippen LogP contribution is 2.21. The summed E-state index contributed by atoms with van der Waals surface area (Å²) in [7, 11) is 1.80. The molecule has 22 heavy (non-hydrogen) atoms. The Labute approximate surface area is 125 Å². The zero-order valence-electron chi connectivity index (χ0n) is 11.7. The Morgan fingerprint density at radius 3 is 2.82 bits per heavy atom. The third kappa shape index (κ3) is 2.71. The number of rotatable bonds is 3. The van der Waals surface area contributed by atoms with Crippen molar-refractivity contribution in [3.8, 4) is 0 Å². The minimum atomic E-state index is -1.07. The van der Waals surface area contributed by atoms with Crippen molar-refractivity contribution in [1.29, 1.82) is 0 Å². The Morgan fingerprint density at radius 2 is 2.14 bits per heavy atom. The number of aromatic carboxylic acids is 1. The summed E-state index contributed by atoms with van der Waals surface area (Å²) in [6.07, 6.45) is 6.94. The Kier molecular flexibility index (Phi) is 3.42. The Morgan fingerprint density at radius 1 is 1.32 bits per heavy atom. The molecule has 0 fully saturated rings. The van der Waals surface area contributed by atoms with E-state index in [1.807, 2.05) is 6.20 Å². The highest BCUT2D eigenvalue weighted by molar-refractivity contribution is 6.03. The minimum Gasteiger partial charge on any atom is -0.478 e. The molecule has 0 atom stereocenters. The number of fused-ring (bicyclic) bond motifs is 1. The fourth-order valence-corrected chi connectivity index (χ4v) is 2.19. The van der Waals surface area contributed by atoms with Crippen molar-refractivity contribution in [2.24, 2.45) is 7.05 Å². The van der Waals surface area contributed by atoms with Gasteiger partial charge in [-0.3, -0.25) is 4.68 Å². The van der Waals surface area contributed by atoms with Crippen LogP contribution in [0.15, 0.2) is 36.7 Å². The molecule has 6 heteroatoms. The van der Waals surface area contributed by atoms with E-state index in [4.69, 9.17) is 0 Å². The standard InChI is InChI=1S/C16H12FN3O2/c1-20-9-10(8-18-20)2-4-12-7-14(16(21)22)13-5-3-11(17)6-15(13)19-12/h2-9H,1H3,(H,21,22). The molecule has 2 heterocycles. The SMILES string of the molecule is Cn1cc(C=Cc2cc(C(=O)O)c3ccc(F)cc3n2)cn1. The molecule has 0 aliphatic heterocycles. The van der Waals surface area contributed by atoms with Crippen molar-refractivity contribution in [3.63, 3.8) is 0 Å². The van der Waals surface area contributed by atoms with Crippen LogP contribution in [0.5, 0.6) is 0 Å². The lowest BCUT2D eigenvalue weighted by Crippen LogP contribution is -2.00. The molecule has 0 aliphatic carbocycles. The van der Waals surface area contributed by atoms with E-state index < -0.39 is 11.8 Å². The van der Waals surface area contributed by atoms with E-state index in [1.54, 1.807) is 30.1 Å². The zero-order valence-corrected chi connectivity index (χ0v) is 11.7. The summed E-state index contributed by atoms with van der Waals surface area (Å²) in [4.78, 5) is 15.7. The molecule has 1 N–H and O–H groups in total. The molecule has 5 nitrogen and oxygen atoms in total. The minimum absolute atomic E-state index is 0.0934. The van der Waals surface area contributed by atoms with Gasteiger partial charge in [-0.25, -0.2) is 14.2 Å². The van der Waals surface area contributed by atoms with Crippen LogP contribution in [0.3, 0.4) is 0 Å². The first-order valence-electron chi connectivity index (χ1n) is 6.53. The predicted molar refractivity (Wildman–Crippen MR) is 80.8 cm³/mol. The van der Waals surface area contributed by atoms with Crippen molar-refractivity contribution in [1.82, 2.24) is 14.8 Å². The molecule has 0 radical (unpaired) electrons. The molecule has 0 aliphatic rings. The van der Waals surface area contributed by atoms with Gasteiger partial charge >= 0.3 is 5.97 Å². The highest BCUT2D eigenvalue weighted by Gasteiger charge is 2.11. The van der Waals surface area contributed by atoms with Crippen LogP contribution in [-0.4, -0.2) is 25.8 Å². The normalized spacial score (nSPS) is 11.4. The number of carboxylic acids is 1. The molecule has 110 valence electrons. The number of benzene rings is 1. The lowest BCUT2D eigenvalue weighted by molar-refractivity contribution is 0.0699. The van der Waals surface area contributed by atoms with Crippen LogP contribution in [0.25, 0.3) is 23.1 Å². The van der Waals surface area contributed by atoms with Crippen molar-refractivity contribution < 1.29 is 14.3 Å². The fraction of sp³-hybridized carbons (Fsp3) is 0.0625. The summed E-state index contributed by atoms with van der Waals surface area (Å²) in [5.74, 6) is -1.53. The zero-order chi connectivity index (χ0) is 15.7. The van der Waals surface area contributed by atoms with Gasteiger partial charge in [-0.1, -0.05) is 0 Å². The number of aryl methyl sites for hydroxylation is 1. The van der Waals surface area contributed by atoms with Crippen LogP contribution in [0.4, 0.5) is 4.39 Å². The summed E-state index contributed by atoms with van der Waals surface area (Å²) in [5, 5.41) is 13.8. The first-order valence-corrected chi connectivity index (χ1v) is 6.53. The number of halogens is 1. The van der Waals surface area contributed by atoms with E-state index in [-0.39, 0.29) is 5.56 Å². The first kappa shape index (κ1) is 13.9. The van der Waals surface area contributed by atoms with Gasteiger partial charge in [0.05, 0.1) is 23.0 Å². The molecule has 0 bridgehead atoms.